The summed E-state index contributed by atoms with van der Waals surface area (Å²) in [6, 6.07) is 0. The van der Waals surface area contributed by atoms with Crippen molar-refractivity contribution in [1.82, 2.24) is 5.32 Å². The topological polar surface area (TPSA) is 12.0 Å². The Kier molecular flexibility index (Phi) is 5.10. The second kappa shape index (κ2) is 4.97. The second-order valence-electron chi connectivity index (χ2n) is 3.49. The summed E-state index contributed by atoms with van der Waals surface area (Å²) >= 11 is 5.59. The minimum atomic E-state index is 0.406. The summed E-state index contributed by atoms with van der Waals surface area (Å²) in [5.41, 5.74) is 0.406. The first-order valence-corrected chi connectivity index (χ1v) is 4.36. The molecule has 0 spiro atoms. The van der Waals surface area contributed by atoms with Gasteiger partial charge < -0.3 is 5.32 Å². The van der Waals surface area contributed by atoms with E-state index in [2.05, 4.69) is 19.2 Å². The fourth-order valence-electron chi connectivity index (χ4n) is 1.11. The van der Waals surface area contributed by atoms with Crippen LogP contribution >= 0.6 is 11.6 Å². The minimum absolute atomic E-state index is 0.406. The predicted octanol–water partition coefficient (Wildman–Crippen LogP) is 2.25. The lowest BCUT2D eigenvalue weighted by Gasteiger charge is -2.23. The smallest absolute Gasteiger partial charge is 0.0223 e. The maximum atomic E-state index is 5.59. The Morgan fingerprint density at radius 3 is 2.40 bits per heavy atom. The van der Waals surface area contributed by atoms with Gasteiger partial charge in [-0.25, -0.2) is 0 Å². The summed E-state index contributed by atoms with van der Waals surface area (Å²) < 4.78 is 0. The molecule has 2 heteroatoms. The largest absolute Gasteiger partial charge is 0.319 e. The molecule has 0 bridgehead atoms. The highest BCUT2D eigenvalue weighted by molar-refractivity contribution is 6.17. The zero-order chi connectivity index (χ0) is 8.04. The predicted molar refractivity (Wildman–Crippen MR) is 47.7 cm³/mol. The van der Waals surface area contributed by atoms with E-state index in [-0.39, 0.29) is 0 Å². The number of rotatable bonds is 5. The van der Waals surface area contributed by atoms with Crippen LogP contribution in [-0.4, -0.2) is 19.5 Å². The van der Waals surface area contributed by atoms with E-state index in [4.69, 9.17) is 11.6 Å². The van der Waals surface area contributed by atoms with Gasteiger partial charge in [-0.1, -0.05) is 13.8 Å². The monoisotopic (exact) mass is 163 g/mol. The first-order chi connectivity index (χ1) is 4.62. The average Bonchev–Trinajstić information content (AvgIpc) is 1.84. The first kappa shape index (κ1) is 10.2. The summed E-state index contributed by atoms with van der Waals surface area (Å²) in [5, 5.41) is 3.17. The Hall–Kier alpha value is 0.250. The zero-order valence-electron chi connectivity index (χ0n) is 7.21. The molecule has 0 saturated heterocycles. The third-order valence-electron chi connectivity index (χ3n) is 1.64. The summed E-state index contributed by atoms with van der Waals surface area (Å²) in [6.45, 7) is 5.59. The van der Waals surface area contributed by atoms with E-state index in [1.54, 1.807) is 0 Å². The van der Waals surface area contributed by atoms with Gasteiger partial charge in [-0.05, 0) is 31.8 Å². The van der Waals surface area contributed by atoms with Crippen LogP contribution < -0.4 is 5.32 Å². The third kappa shape index (κ3) is 5.07. The van der Waals surface area contributed by atoms with Gasteiger partial charge in [0.25, 0.3) is 0 Å². The highest BCUT2D eigenvalue weighted by Crippen LogP contribution is 2.20. The van der Waals surface area contributed by atoms with Gasteiger partial charge in [0.05, 0.1) is 0 Å². The molecule has 1 nitrogen and oxygen atoms in total. The van der Waals surface area contributed by atoms with Crippen molar-refractivity contribution < 1.29 is 0 Å². The molecule has 0 aliphatic rings. The van der Waals surface area contributed by atoms with E-state index in [1.807, 2.05) is 7.05 Å². The van der Waals surface area contributed by atoms with Crippen LogP contribution in [0.2, 0.25) is 0 Å². The van der Waals surface area contributed by atoms with Crippen LogP contribution in [0.3, 0.4) is 0 Å². The van der Waals surface area contributed by atoms with Crippen LogP contribution in [0.15, 0.2) is 0 Å². The van der Waals surface area contributed by atoms with Crippen molar-refractivity contribution >= 4 is 11.6 Å². The van der Waals surface area contributed by atoms with Crippen LogP contribution in [-0.2, 0) is 0 Å². The van der Waals surface area contributed by atoms with Crippen molar-refractivity contribution in [1.29, 1.82) is 0 Å². The minimum Gasteiger partial charge on any atom is -0.319 e. The zero-order valence-corrected chi connectivity index (χ0v) is 7.96. The maximum absolute atomic E-state index is 5.59. The van der Waals surface area contributed by atoms with E-state index in [0.717, 1.165) is 18.8 Å². The normalized spacial score (nSPS) is 12.0. The highest BCUT2D eigenvalue weighted by Gasteiger charge is 2.14. The number of hydrogen-bond acceptors (Lipinski definition) is 1. The fourth-order valence-corrected chi connectivity index (χ4v) is 1.25. The number of alkyl halides is 1. The first-order valence-electron chi connectivity index (χ1n) is 3.83. The fraction of sp³-hybridized carbons (Fsp3) is 1.00. The molecule has 0 amide bonds. The summed E-state index contributed by atoms with van der Waals surface area (Å²) in [4.78, 5) is 0. The molecule has 0 fully saturated rings. The van der Waals surface area contributed by atoms with E-state index >= 15 is 0 Å². The molecule has 0 radical (unpaired) electrons. The lowest BCUT2D eigenvalue weighted by molar-refractivity contribution is 0.321. The number of nitrogens with one attached hydrogen (secondary N) is 1. The Balaban J connectivity index is 3.42. The molecule has 1 N–H and O–H groups in total. The van der Waals surface area contributed by atoms with Crippen LogP contribution in [0, 0.1) is 5.41 Å². The van der Waals surface area contributed by atoms with E-state index in [9.17, 15) is 0 Å². The molecule has 0 aliphatic heterocycles. The third-order valence-corrected chi connectivity index (χ3v) is 1.91. The average molecular weight is 164 g/mol. The lowest BCUT2D eigenvalue weighted by atomic mass is 9.88. The maximum Gasteiger partial charge on any atom is 0.0223 e. The molecule has 0 aromatic heterocycles. The molecule has 62 valence electrons. The van der Waals surface area contributed by atoms with Crippen molar-refractivity contribution in [3.05, 3.63) is 0 Å². The van der Waals surface area contributed by atoms with Crippen LogP contribution in [0.4, 0.5) is 0 Å². The summed E-state index contributed by atoms with van der Waals surface area (Å²) in [6.07, 6.45) is 2.33. The van der Waals surface area contributed by atoms with E-state index in [0.29, 0.717) is 5.41 Å². The second-order valence-corrected chi connectivity index (χ2v) is 3.87. The molecule has 0 aliphatic carbocycles. The quantitative estimate of drug-likeness (QED) is 0.614. The van der Waals surface area contributed by atoms with Crippen molar-refractivity contribution in [3.63, 3.8) is 0 Å². The van der Waals surface area contributed by atoms with E-state index < -0.39 is 0 Å². The molecule has 0 aromatic rings. The van der Waals surface area contributed by atoms with Gasteiger partial charge >= 0.3 is 0 Å². The Morgan fingerprint density at radius 2 is 2.00 bits per heavy atom. The molecule has 10 heavy (non-hydrogen) atoms. The van der Waals surface area contributed by atoms with Crippen LogP contribution in [0.25, 0.3) is 0 Å². The standard InChI is InChI=1S/C8H18ClN/c1-8(2,7-10-3)5-4-6-9/h10H,4-7H2,1-3H3. The van der Waals surface area contributed by atoms with Crippen LogP contribution in [0.1, 0.15) is 26.7 Å². The van der Waals surface area contributed by atoms with Gasteiger partial charge in [-0.2, -0.15) is 0 Å². The summed E-state index contributed by atoms with van der Waals surface area (Å²) in [5.74, 6) is 0.785. The van der Waals surface area contributed by atoms with Gasteiger partial charge in [0.2, 0.25) is 0 Å². The molecule has 0 rings (SSSR count). The van der Waals surface area contributed by atoms with Crippen molar-refractivity contribution in [2.75, 3.05) is 19.5 Å². The van der Waals surface area contributed by atoms with Gasteiger partial charge in [-0.3, -0.25) is 0 Å². The molecule has 0 heterocycles. The Bertz CT molecular complexity index is 81.3. The van der Waals surface area contributed by atoms with Crippen LogP contribution in [0.5, 0.6) is 0 Å². The van der Waals surface area contributed by atoms with E-state index in [1.165, 1.54) is 6.42 Å². The molecule has 0 atom stereocenters. The van der Waals surface area contributed by atoms with Gasteiger partial charge in [0.15, 0.2) is 0 Å². The van der Waals surface area contributed by atoms with Crippen molar-refractivity contribution in [2.45, 2.75) is 26.7 Å². The Labute approximate surface area is 69.1 Å². The van der Waals surface area contributed by atoms with Gasteiger partial charge in [-0.15, -0.1) is 11.6 Å². The van der Waals surface area contributed by atoms with Crippen molar-refractivity contribution in [3.8, 4) is 0 Å². The molecular formula is C8H18ClN. The highest BCUT2D eigenvalue weighted by atomic mass is 35.5. The number of halogens is 1. The molecule has 0 unspecified atom stereocenters. The summed E-state index contributed by atoms with van der Waals surface area (Å²) in [7, 11) is 1.99. The Morgan fingerprint density at radius 1 is 1.40 bits per heavy atom. The van der Waals surface area contributed by atoms with Crippen molar-refractivity contribution in [2.24, 2.45) is 5.41 Å². The number of hydrogen-bond donors (Lipinski definition) is 1. The molecular weight excluding hydrogens is 146 g/mol. The SMILES string of the molecule is CNCC(C)(C)CCCCl. The van der Waals surface area contributed by atoms with Gasteiger partial charge in [0, 0.05) is 5.88 Å². The van der Waals surface area contributed by atoms with Gasteiger partial charge in [0.1, 0.15) is 0 Å². The molecule has 0 saturated carbocycles. The lowest BCUT2D eigenvalue weighted by Crippen LogP contribution is -2.26. The molecule has 0 aromatic carbocycles.